The lowest BCUT2D eigenvalue weighted by Crippen LogP contribution is -2.24. The Balaban J connectivity index is 2.03. The van der Waals surface area contributed by atoms with Crippen LogP contribution in [-0.4, -0.2) is 12.6 Å². The molecule has 1 heterocycles. The molecule has 0 bridgehead atoms. The van der Waals surface area contributed by atoms with Crippen molar-refractivity contribution in [1.82, 2.24) is 0 Å². The minimum Gasteiger partial charge on any atom is -0.488 e. The van der Waals surface area contributed by atoms with Crippen LogP contribution < -0.4 is 10.5 Å². The highest BCUT2D eigenvalue weighted by atomic mass is 16.5. The van der Waals surface area contributed by atoms with Gasteiger partial charge >= 0.3 is 0 Å². The van der Waals surface area contributed by atoms with E-state index in [4.69, 9.17) is 15.7 Å². The van der Waals surface area contributed by atoms with Gasteiger partial charge in [-0.15, -0.1) is 0 Å². The molecule has 2 aromatic carbocycles. The van der Waals surface area contributed by atoms with E-state index in [1.54, 1.807) is 0 Å². The van der Waals surface area contributed by atoms with E-state index in [9.17, 15) is 0 Å². The maximum Gasteiger partial charge on any atom is 0.130 e. The van der Waals surface area contributed by atoms with Gasteiger partial charge in [-0.2, -0.15) is 5.26 Å². The molecule has 0 aliphatic carbocycles. The van der Waals surface area contributed by atoms with Crippen molar-refractivity contribution in [3.8, 4) is 22.9 Å². The minimum absolute atomic E-state index is 0.0783. The first kappa shape index (κ1) is 11.8. The van der Waals surface area contributed by atoms with Gasteiger partial charge in [-0.05, 0) is 23.3 Å². The van der Waals surface area contributed by atoms with Crippen molar-refractivity contribution in [3.63, 3.8) is 0 Å². The lowest BCUT2D eigenvalue weighted by atomic mass is 10.00. The third-order valence-electron chi connectivity index (χ3n) is 3.42. The molecule has 0 spiro atoms. The zero-order chi connectivity index (χ0) is 13.2. The molecule has 3 rings (SSSR count). The Morgan fingerprint density at radius 1 is 1.21 bits per heavy atom. The summed E-state index contributed by atoms with van der Waals surface area (Å²) in [4.78, 5) is 0. The summed E-state index contributed by atoms with van der Waals surface area (Å²) in [7, 11) is 0. The van der Waals surface area contributed by atoms with Crippen LogP contribution in [-0.2, 0) is 6.42 Å². The van der Waals surface area contributed by atoms with Crippen molar-refractivity contribution >= 4 is 0 Å². The Kier molecular flexibility index (Phi) is 2.94. The molecule has 1 aliphatic heterocycles. The van der Waals surface area contributed by atoms with Gasteiger partial charge in [-0.3, -0.25) is 0 Å². The van der Waals surface area contributed by atoms with E-state index in [2.05, 4.69) is 12.1 Å². The Bertz CT molecular complexity index is 641. The minimum atomic E-state index is 0.0783. The second kappa shape index (κ2) is 4.75. The molecule has 0 aromatic heterocycles. The number of nitrogens with two attached hydrogens (primary N) is 1. The van der Waals surface area contributed by atoms with Crippen LogP contribution in [0.3, 0.4) is 0 Å². The Morgan fingerprint density at radius 2 is 2.00 bits per heavy atom. The molecule has 0 saturated carbocycles. The molecule has 2 N–H and O–H groups in total. The standard InChI is InChI=1S/C16H14N2O/c17-9-11-4-6-12(7-5-11)15-3-1-2-13-8-14(10-18)19-16(13)15/h1-7,14H,8,10,18H2/t14-/m0/s1. The molecule has 0 unspecified atom stereocenters. The Labute approximate surface area is 112 Å². The number of fused-ring (bicyclic) bond motifs is 1. The lowest BCUT2D eigenvalue weighted by Gasteiger charge is -2.10. The fourth-order valence-electron chi connectivity index (χ4n) is 2.42. The van der Waals surface area contributed by atoms with E-state index in [1.165, 1.54) is 5.56 Å². The average molecular weight is 250 g/mol. The van der Waals surface area contributed by atoms with Crippen molar-refractivity contribution in [1.29, 1.82) is 5.26 Å². The summed E-state index contributed by atoms with van der Waals surface area (Å²) in [5, 5.41) is 8.83. The number of hydrogen-bond donors (Lipinski definition) is 1. The SMILES string of the molecule is N#Cc1ccc(-c2cccc3c2O[C@H](CN)C3)cc1. The molecule has 94 valence electrons. The van der Waals surface area contributed by atoms with E-state index in [0.717, 1.165) is 23.3 Å². The molecule has 3 heteroatoms. The molecule has 0 amide bonds. The highest BCUT2D eigenvalue weighted by Crippen LogP contribution is 2.38. The van der Waals surface area contributed by atoms with Crippen molar-refractivity contribution in [3.05, 3.63) is 53.6 Å². The van der Waals surface area contributed by atoms with Crippen LogP contribution in [0.2, 0.25) is 0 Å². The highest BCUT2D eigenvalue weighted by Gasteiger charge is 2.24. The molecule has 0 radical (unpaired) electrons. The summed E-state index contributed by atoms with van der Waals surface area (Å²) in [5.41, 5.74) is 9.68. The summed E-state index contributed by atoms with van der Waals surface area (Å²) < 4.78 is 5.91. The maximum atomic E-state index is 8.83. The number of hydrogen-bond acceptors (Lipinski definition) is 3. The van der Waals surface area contributed by atoms with E-state index < -0.39 is 0 Å². The number of benzene rings is 2. The zero-order valence-corrected chi connectivity index (χ0v) is 10.5. The average Bonchev–Trinajstić information content (AvgIpc) is 2.90. The lowest BCUT2D eigenvalue weighted by molar-refractivity contribution is 0.242. The van der Waals surface area contributed by atoms with Crippen LogP contribution in [0.15, 0.2) is 42.5 Å². The Hall–Kier alpha value is -2.31. The molecule has 19 heavy (non-hydrogen) atoms. The molecule has 0 saturated heterocycles. The molecule has 0 fully saturated rings. The monoisotopic (exact) mass is 250 g/mol. The van der Waals surface area contributed by atoms with Gasteiger partial charge in [0.25, 0.3) is 0 Å². The van der Waals surface area contributed by atoms with Gasteiger partial charge in [-0.1, -0.05) is 30.3 Å². The van der Waals surface area contributed by atoms with Gasteiger partial charge in [0.1, 0.15) is 11.9 Å². The van der Waals surface area contributed by atoms with E-state index >= 15 is 0 Å². The fourth-order valence-corrected chi connectivity index (χ4v) is 2.42. The smallest absolute Gasteiger partial charge is 0.130 e. The van der Waals surface area contributed by atoms with E-state index in [0.29, 0.717) is 12.1 Å². The van der Waals surface area contributed by atoms with Crippen molar-refractivity contribution in [2.24, 2.45) is 5.73 Å². The Morgan fingerprint density at radius 3 is 2.68 bits per heavy atom. The van der Waals surface area contributed by atoms with Crippen molar-refractivity contribution in [2.45, 2.75) is 12.5 Å². The summed E-state index contributed by atoms with van der Waals surface area (Å²) in [6.07, 6.45) is 0.949. The van der Waals surface area contributed by atoms with Crippen molar-refractivity contribution < 1.29 is 4.74 Å². The molecule has 3 nitrogen and oxygen atoms in total. The van der Waals surface area contributed by atoms with Crippen LogP contribution in [0.4, 0.5) is 0 Å². The van der Waals surface area contributed by atoms with Gasteiger partial charge < -0.3 is 10.5 Å². The number of ether oxygens (including phenoxy) is 1. The van der Waals surface area contributed by atoms with E-state index in [-0.39, 0.29) is 6.10 Å². The highest BCUT2D eigenvalue weighted by molar-refractivity contribution is 5.73. The van der Waals surface area contributed by atoms with Gasteiger partial charge in [0.05, 0.1) is 11.6 Å². The predicted octanol–water partition coefficient (Wildman–Crippen LogP) is 2.49. The van der Waals surface area contributed by atoms with Crippen LogP contribution in [0.5, 0.6) is 5.75 Å². The molecular weight excluding hydrogens is 236 g/mol. The largest absolute Gasteiger partial charge is 0.488 e. The number of para-hydroxylation sites is 1. The quantitative estimate of drug-likeness (QED) is 0.890. The summed E-state index contributed by atoms with van der Waals surface area (Å²) in [5.74, 6) is 0.933. The predicted molar refractivity (Wildman–Crippen MR) is 73.8 cm³/mol. The summed E-state index contributed by atoms with van der Waals surface area (Å²) >= 11 is 0. The van der Waals surface area contributed by atoms with Crippen LogP contribution in [0.1, 0.15) is 11.1 Å². The van der Waals surface area contributed by atoms with Crippen LogP contribution >= 0.6 is 0 Å². The summed E-state index contributed by atoms with van der Waals surface area (Å²) in [6.45, 7) is 0.529. The topological polar surface area (TPSA) is 59.0 Å². The zero-order valence-electron chi connectivity index (χ0n) is 10.5. The van der Waals surface area contributed by atoms with Gasteiger partial charge in [-0.25, -0.2) is 0 Å². The van der Waals surface area contributed by atoms with Gasteiger partial charge in [0.15, 0.2) is 0 Å². The molecular formula is C16H14N2O. The summed E-state index contributed by atoms with van der Waals surface area (Å²) in [6, 6.07) is 15.8. The third kappa shape index (κ3) is 2.07. The van der Waals surface area contributed by atoms with Crippen LogP contribution in [0.25, 0.3) is 11.1 Å². The molecule has 1 aliphatic rings. The van der Waals surface area contributed by atoms with E-state index in [1.807, 2.05) is 36.4 Å². The number of nitrogens with zero attached hydrogens (tertiary/aromatic N) is 1. The first-order valence-corrected chi connectivity index (χ1v) is 6.31. The second-order valence-corrected chi connectivity index (χ2v) is 4.66. The number of rotatable bonds is 2. The first-order chi connectivity index (χ1) is 9.31. The van der Waals surface area contributed by atoms with Gasteiger partial charge in [0.2, 0.25) is 0 Å². The fraction of sp³-hybridized carbons (Fsp3) is 0.188. The first-order valence-electron chi connectivity index (χ1n) is 6.31. The van der Waals surface area contributed by atoms with Gasteiger partial charge in [0, 0.05) is 18.5 Å². The molecule has 2 aromatic rings. The normalized spacial score (nSPS) is 16.5. The molecule has 1 atom stereocenters. The van der Waals surface area contributed by atoms with Crippen LogP contribution in [0, 0.1) is 11.3 Å². The second-order valence-electron chi connectivity index (χ2n) is 4.66. The van der Waals surface area contributed by atoms with Crippen molar-refractivity contribution in [2.75, 3.05) is 6.54 Å². The number of nitriles is 1. The third-order valence-corrected chi connectivity index (χ3v) is 3.42. The maximum absolute atomic E-state index is 8.83.